The largest absolute Gasteiger partial charge is 0.497 e. The zero-order valence-corrected chi connectivity index (χ0v) is 18.5. The highest BCUT2D eigenvalue weighted by Gasteiger charge is 2.42. The second-order valence-electron chi connectivity index (χ2n) is 7.80. The average Bonchev–Trinajstić information content (AvgIpc) is 2.82. The summed E-state index contributed by atoms with van der Waals surface area (Å²) in [6, 6.07) is 15.1. The Hall–Kier alpha value is -2.89. The van der Waals surface area contributed by atoms with Crippen molar-refractivity contribution in [2.45, 2.75) is 18.9 Å². The molecule has 0 radical (unpaired) electrons. The van der Waals surface area contributed by atoms with Crippen LogP contribution in [0.1, 0.15) is 24.5 Å². The number of ketones is 1. The highest BCUT2D eigenvalue weighted by atomic mass is 16.5. The summed E-state index contributed by atoms with van der Waals surface area (Å²) in [6.45, 7) is 4.22. The lowest BCUT2D eigenvalue weighted by Crippen LogP contribution is -2.53. The molecule has 31 heavy (non-hydrogen) atoms. The number of aliphatic hydroxyl groups is 1. The first-order valence-corrected chi connectivity index (χ1v) is 10.6. The van der Waals surface area contributed by atoms with Gasteiger partial charge in [-0.2, -0.15) is 0 Å². The number of ether oxygens (including phenoxy) is 2. The molecule has 0 spiro atoms. The number of methoxy groups -OCH3 is 2. The molecule has 1 fully saturated rings. The number of hydrogen-bond acceptors (Lipinski definition) is 5. The number of carbonyl (C=O) groups is 1. The van der Waals surface area contributed by atoms with Crippen LogP contribution in [0.3, 0.4) is 0 Å². The van der Waals surface area contributed by atoms with E-state index in [-0.39, 0.29) is 5.78 Å². The molecule has 1 N–H and O–H groups in total. The SMILES string of the molecule is CCN1CC[C@](O)(/C=C\c2ccc(OC)cc2)[C@H](C(=O)/C=C/c2ccc(OC)cc2)C1. The lowest BCUT2D eigenvalue weighted by atomic mass is 9.77. The highest BCUT2D eigenvalue weighted by molar-refractivity contribution is 5.96. The summed E-state index contributed by atoms with van der Waals surface area (Å²) >= 11 is 0. The maximum absolute atomic E-state index is 13.1. The summed E-state index contributed by atoms with van der Waals surface area (Å²) in [6.07, 6.45) is 7.55. The van der Waals surface area contributed by atoms with Crippen molar-refractivity contribution in [2.24, 2.45) is 5.92 Å². The van der Waals surface area contributed by atoms with Gasteiger partial charge in [-0.1, -0.05) is 49.4 Å². The number of benzene rings is 2. The van der Waals surface area contributed by atoms with Gasteiger partial charge in [0.15, 0.2) is 5.78 Å². The van der Waals surface area contributed by atoms with Gasteiger partial charge in [0.05, 0.1) is 25.7 Å². The van der Waals surface area contributed by atoms with E-state index in [2.05, 4.69) is 11.8 Å². The van der Waals surface area contributed by atoms with Gasteiger partial charge in [0, 0.05) is 13.1 Å². The molecule has 1 aliphatic rings. The quantitative estimate of drug-likeness (QED) is 0.651. The molecule has 2 aromatic carbocycles. The van der Waals surface area contributed by atoms with Gasteiger partial charge in [0.25, 0.3) is 0 Å². The van der Waals surface area contributed by atoms with E-state index in [1.807, 2.05) is 54.6 Å². The summed E-state index contributed by atoms with van der Waals surface area (Å²) in [7, 11) is 3.25. The fourth-order valence-electron chi connectivity index (χ4n) is 3.81. The number of rotatable bonds is 8. The van der Waals surface area contributed by atoms with Crippen LogP contribution in [0.5, 0.6) is 11.5 Å². The number of nitrogens with zero attached hydrogens (tertiary/aromatic N) is 1. The van der Waals surface area contributed by atoms with E-state index in [1.54, 1.807) is 32.4 Å². The molecular weight excluding hydrogens is 390 g/mol. The molecule has 3 rings (SSSR count). The van der Waals surface area contributed by atoms with Gasteiger partial charge in [-0.15, -0.1) is 0 Å². The molecular formula is C26H31NO4. The van der Waals surface area contributed by atoms with Gasteiger partial charge >= 0.3 is 0 Å². The smallest absolute Gasteiger partial charge is 0.163 e. The van der Waals surface area contributed by atoms with Crippen LogP contribution in [-0.2, 0) is 4.79 Å². The van der Waals surface area contributed by atoms with Gasteiger partial charge in [-0.25, -0.2) is 0 Å². The van der Waals surface area contributed by atoms with Crippen molar-refractivity contribution < 1.29 is 19.4 Å². The monoisotopic (exact) mass is 421 g/mol. The van der Waals surface area contributed by atoms with Crippen LogP contribution in [0.15, 0.2) is 60.7 Å². The Balaban J connectivity index is 1.78. The van der Waals surface area contributed by atoms with Crippen molar-refractivity contribution in [1.29, 1.82) is 0 Å². The summed E-state index contributed by atoms with van der Waals surface area (Å²) < 4.78 is 10.4. The lowest BCUT2D eigenvalue weighted by molar-refractivity contribution is -0.129. The van der Waals surface area contributed by atoms with Crippen molar-refractivity contribution in [2.75, 3.05) is 33.9 Å². The Morgan fingerprint density at radius 1 is 1.03 bits per heavy atom. The third kappa shape index (κ3) is 5.84. The zero-order chi connectivity index (χ0) is 22.3. The Morgan fingerprint density at radius 2 is 1.58 bits per heavy atom. The molecule has 1 saturated heterocycles. The fraction of sp³-hybridized carbons (Fsp3) is 0.346. The molecule has 0 aromatic heterocycles. The van der Waals surface area contributed by atoms with Crippen LogP contribution in [-0.4, -0.2) is 55.2 Å². The van der Waals surface area contributed by atoms with E-state index in [1.165, 1.54) is 0 Å². The van der Waals surface area contributed by atoms with Crippen LogP contribution in [0.25, 0.3) is 12.2 Å². The first kappa shape index (κ1) is 22.8. The van der Waals surface area contributed by atoms with Crippen LogP contribution >= 0.6 is 0 Å². The predicted octanol–water partition coefficient (Wildman–Crippen LogP) is 4.07. The molecule has 2 atom stereocenters. The number of hydrogen-bond donors (Lipinski definition) is 1. The van der Waals surface area contributed by atoms with Crippen LogP contribution in [0, 0.1) is 5.92 Å². The lowest BCUT2D eigenvalue weighted by Gasteiger charge is -2.41. The van der Waals surface area contributed by atoms with E-state index in [4.69, 9.17) is 9.47 Å². The molecule has 1 heterocycles. The van der Waals surface area contributed by atoms with Gasteiger partial charge < -0.3 is 19.5 Å². The number of likely N-dealkylation sites (tertiary alicyclic amines) is 1. The Kier molecular flexibility index (Phi) is 7.66. The minimum Gasteiger partial charge on any atom is -0.497 e. The Morgan fingerprint density at radius 3 is 2.10 bits per heavy atom. The molecule has 0 saturated carbocycles. The molecule has 0 unspecified atom stereocenters. The zero-order valence-electron chi connectivity index (χ0n) is 18.5. The van der Waals surface area contributed by atoms with E-state index < -0.39 is 11.5 Å². The Bertz CT molecular complexity index is 917. The van der Waals surface area contributed by atoms with E-state index in [0.717, 1.165) is 35.7 Å². The van der Waals surface area contributed by atoms with E-state index in [0.29, 0.717) is 13.0 Å². The third-order valence-corrected chi connectivity index (χ3v) is 5.90. The first-order valence-electron chi connectivity index (χ1n) is 10.6. The van der Waals surface area contributed by atoms with Gasteiger partial charge in [-0.05, 0) is 54.4 Å². The predicted molar refractivity (Wildman–Crippen MR) is 124 cm³/mol. The van der Waals surface area contributed by atoms with E-state index in [9.17, 15) is 9.90 Å². The number of carbonyl (C=O) groups excluding carboxylic acids is 1. The highest BCUT2D eigenvalue weighted by Crippen LogP contribution is 2.32. The van der Waals surface area contributed by atoms with Crippen molar-refractivity contribution in [3.8, 4) is 11.5 Å². The minimum atomic E-state index is -1.19. The molecule has 0 amide bonds. The van der Waals surface area contributed by atoms with Crippen LogP contribution < -0.4 is 9.47 Å². The first-order chi connectivity index (χ1) is 15.0. The molecule has 1 aliphatic heterocycles. The standard InChI is InChI=1S/C26H31NO4/c1-4-27-18-17-26(29,16-15-21-7-12-23(31-3)13-8-21)24(19-27)25(28)14-9-20-5-10-22(30-2)11-6-20/h5-16,24,29H,4,17-19H2,1-3H3/b14-9+,16-15-/t24-,26+/m0/s1. The van der Waals surface area contributed by atoms with Crippen molar-refractivity contribution >= 4 is 17.9 Å². The number of allylic oxidation sites excluding steroid dienone is 1. The summed E-state index contributed by atoms with van der Waals surface area (Å²) in [5.41, 5.74) is 0.675. The van der Waals surface area contributed by atoms with Gasteiger partial charge in [0.1, 0.15) is 11.5 Å². The van der Waals surface area contributed by atoms with Crippen molar-refractivity contribution in [3.63, 3.8) is 0 Å². The van der Waals surface area contributed by atoms with Crippen LogP contribution in [0.4, 0.5) is 0 Å². The fourth-order valence-corrected chi connectivity index (χ4v) is 3.81. The van der Waals surface area contributed by atoms with Gasteiger partial charge in [-0.3, -0.25) is 4.79 Å². The molecule has 5 nitrogen and oxygen atoms in total. The summed E-state index contributed by atoms with van der Waals surface area (Å²) in [5.74, 6) is 0.956. The molecule has 2 aromatic rings. The second-order valence-corrected chi connectivity index (χ2v) is 7.80. The maximum Gasteiger partial charge on any atom is 0.163 e. The Labute approximate surface area is 184 Å². The van der Waals surface area contributed by atoms with E-state index >= 15 is 0 Å². The topological polar surface area (TPSA) is 59.0 Å². The maximum atomic E-state index is 13.1. The molecule has 5 heteroatoms. The van der Waals surface area contributed by atoms with Gasteiger partial charge in [0.2, 0.25) is 0 Å². The second kappa shape index (κ2) is 10.4. The molecule has 0 aliphatic carbocycles. The average molecular weight is 422 g/mol. The van der Waals surface area contributed by atoms with Crippen molar-refractivity contribution in [3.05, 3.63) is 71.8 Å². The molecule has 0 bridgehead atoms. The van der Waals surface area contributed by atoms with Crippen molar-refractivity contribution in [1.82, 2.24) is 4.90 Å². The van der Waals surface area contributed by atoms with Crippen LogP contribution in [0.2, 0.25) is 0 Å². The molecule has 164 valence electrons. The summed E-state index contributed by atoms with van der Waals surface area (Å²) in [5, 5.41) is 11.4. The summed E-state index contributed by atoms with van der Waals surface area (Å²) in [4.78, 5) is 15.3. The number of piperidine rings is 1. The minimum absolute atomic E-state index is 0.0733. The normalized spacial score (nSPS) is 22.1. The third-order valence-electron chi connectivity index (χ3n) is 5.90.